The van der Waals surface area contributed by atoms with E-state index in [-0.39, 0.29) is 22.9 Å². The van der Waals surface area contributed by atoms with E-state index in [1.54, 1.807) is 24.4 Å². The summed E-state index contributed by atoms with van der Waals surface area (Å²) in [5, 5.41) is 0.288. The fraction of sp³-hybridized carbons (Fsp3) is 0.105. The summed E-state index contributed by atoms with van der Waals surface area (Å²) in [4.78, 5) is 12.1. The highest BCUT2D eigenvalue weighted by Crippen LogP contribution is 2.25. The molecule has 0 amide bonds. The maximum atomic E-state index is 14.0. The van der Waals surface area contributed by atoms with Crippen molar-refractivity contribution in [2.24, 2.45) is 0 Å². The van der Waals surface area contributed by atoms with Gasteiger partial charge in [-0.1, -0.05) is 23.7 Å². The van der Waals surface area contributed by atoms with Gasteiger partial charge in [0.25, 0.3) is 5.56 Å². The molecule has 2 aromatic carbocycles. The van der Waals surface area contributed by atoms with Crippen LogP contribution in [0.3, 0.4) is 0 Å². The van der Waals surface area contributed by atoms with Gasteiger partial charge >= 0.3 is 0 Å². The third-order valence-electron chi connectivity index (χ3n) is 3.82. The van der Waals surface area contributed by atoms with E-state index in [0.717, 1.165) is 0 Å². The normalized spacial score (nSPS) is 10.7. The SMILES string of the molecule is COc1ccc(-c2ccc(=O)n(Cc3ccc(Cl)cc3F)c2)cc1F. The van der Waals surface area contributed by atoms with Crippen LogP contribution in [-0.2, 0) is 6.54 Å². The average molecular weight is 362 g/mol. The number of aromatic nitrogens is 1. The van der Waals surface area contributed by atoms with Crippen molar-refractivity contribution in [3.8, 4) is 16.9 Å². The van der Waals surface area contributed by atoms with Crippen LogP contribution in [0.4, 0.5) is 8.78 Å². The monoisotopic (exact) mass is 361 g/mol. The van der Waals surface area contributed by atoms with E-state index in [1.165, 1.54) is 42.0 Å². The Labute approximate surface area is 148 Å². The summed E-state index contributed by atoms with van der Waals surface area (Å²) < 4.78 is 34.1. The highest BCUT2D eigenvalue weighted by Gasteiger charge is 2.09. The molecule has 0 aliphatic carbocycles. The summed E-state index contributed by atoms with van der Waals surface area (Å²) >= 11 is 5.74. The summed E-state index contributed by atoms with van der Waals surface area (Å²) in [6.07, 6.45) is 1.57. The van der Waals surface area contributed by atoms with Crippen LogP contribution in [0.25, 0.3) is 11.1 Å². The summed E-state index contributed by atoms with van der Waals surface area (Å²) in [6, 6.07) is 11.8. The van der Waals surface area contributed by atoms with Crippen molar-refractivity contribution in [1.29, 1.82) is 0 Å². The van der Waals surface area contributed by atoms with Crippen LogP contribution in [0.5, 0.6) is 5.75 Å². The molecule has 1 heterocycles. The van der Waals surface area contributed by atoms with Gasteiger partial charge in [-0.25, -0.2) is 8.78 Å². The summed E-state index contributed by atoms with van der Waals surface area (Å²) in [7, 11) is 1.39. The number of nitrogens with zero attached hydrogens (tertiary/aromatic N) is 1. The van der Waals surface area contributed by atoms with E-state index in [2.05, 4.69) is 0 Å². The molecule has 0 aliphatic heterocycles. The van der Waals surface area contributed by atoms with Crippen molar-refractivity contribution in [2.45, 2.75) is 6.54 Å². The molecule has 3 aromatic rings. The van der Waals surface area contributed by atoms with Gasteiger partial charge in [0.15, 0.2) is 11.6 Å². The standard InChI is InChI=1S/C19H14ClF2NO2/c1-25-18-6-3-12(8-17(18)22)13-4-7-19(24)23(10-13)11-14-2-5-15(20)9-16(14)21/h2-10H,11H2,1H3. The zero-order valence-electron chi connectivity index (χ0n) is 13.3. The van der Waals surface area contributed by atoms with E-state index in [1.807, 2.05) is 0 Å². The van der Waals surface area contributed by atoms with Crippen molar-refractivity contribution in [2.75, 3.05) is 7.11 Å². The zero-order chi connectivity index (χ0) is 18.0. The van der Waals surface area contributed by atoms with Crippen LogP contribution in [-0.4, -0.2) is 11.7 Å². The lowest BCUT2D eigenvalue weighted by Gasteiger charge is -2.10. The zero-order valence-corrected chi connectivity index (χ0v) is 14.1. The molecule has 0 bridgehead atoms. The molecular formula is C19H14ClF2NO2. The first kappa shape index (κ1) is 17.2. The largest absolute Gasteiger partial charge is 0.494 e. The van der Waals surface area contributed by atoms with Crippen LogP contribution < -0.4 is 10.3 Å². The molecule has 25 heavy (non-hydrogen) atoms. The first-order valence-electron chi connectivity index (χ1n) is 7.46. The van der Waals surface area contributed by atoms with Gasteiger partial charge < -0.3 is 9.30 Å². The molecule has 0 radical (unpaired) electrons. The van der Waals surface area contributed by atoms with Crippen LogP contribution in [0, 0.1) is 11.6 Å². The predicted octanol–water partition coefficient (Wildman–Crippen LogP) is 4.50. The van der Waals surface area contributed by atoms with Gasteiger partial charge in [0, 0.05) is 22.8 Å². The topological polar surface area (TPSA) is 31.2 Å². The minimum atomic E-state index is -0.499. The van der Waals surface area contributed by atoms with Crippen LogP contribution in [0.1, 0.15) is 5.56 Å². The summed E-state index contributed by atoms with van der Waals surface area (Å²) in [6.45, 7) is 0.0499. The molecule has 1 aromatic heterocycles. The fourth-order valence-corrected chi connectivity index (χ4v) is 2.66. The van der Waals surface area contributed by atoms with Gasteiger partial charge in [-0.05, 0) is 41.5 Å². The smallest absolute Gasteiger partial charge is 0.250 e. The number of pyridine rings is 1. The third-order valence-corrected chi connectivity index (χ3v) is 4.06. The van der Waals surface area contributed by atoms with Crippen molar-refractivity contribution >= 4 is 11.6 Å². The third kappa shape index (κ3) is 3.72. The quantitative estimate of drug-likeness (QED) is 0.685. The van der Waals surface area contributed by atoms with Crippen LogP contribution >= 0.6 is 11.6 Å². The number of benzene rings is 2. The number of ether oxygens (including phenoxy) is 1. The Balaban J connectivity index is 1.98. The Bertz CT molecular complexity index is 985. The second-order valence-corrected chi connectivity index (χ2v) is 5.91. The van der Waals surface area contributed by atoms with Gasteiger partial charge in [0.05, 0.1) is 13.7 Å². The molecular weight excluding hydrogens is 348 g/mol. The minimum Gasteiger partial charge on any atom is -0.494 e. The van der Waals surface area contributed by atoms with Gasteiger partial charge in [-0.2, -0.15) is 0 Å². The predicted molar refractivity (Wildman–Crippen MR) is 93.2 cm³/mol. The maximum Gasteiger partial charge on any atom is 0.250 e. The van der Waals surface area contributed by atoms with Crippen LogP contribution in [0.2, 0.25) is 5.02 Å². The molecule has 0 N–H and O–H groups in total. The molecule has 0 aliphatic rings. The van der Waals surface area contributed by atoms with Gasteiger partial charge in [-0.3, -0.25) is 4.79 Å². The second-order valence-electron chi connectivity index (χ2n) is 5.47. The molecule has 0 unspecified atom stereocenters. The Hall–Kier alpha value is -2.66. The van der Waals surface area contributed by atoms with Gasteiger partial charge in [-0.15, -0.1) is 0 Å². The molecule has 0 saturated carbocycles. The number of hydrogen-bond acceptors (Lipinski definition) is 2. The van der Waals surface area contributed by atoms with Crippen molar-refractivity contribution in [3.05, 3.63) is 87.3 Å². The number of rotatable bonds is 4. The lowest BCUT2D eigenvalue weighted by Crippen LogP contribution is -2.19. The van der Waals surface area contributed by atoms with Crippen LogP contribution in [0.15, 0.2) is 59.5 Å². The molecule has 0 saturated heterocycles. The first-order valence-corrected chi connectivity index (χ1v) is 7.84. The average Bonchev–Trinajstić information content (AvgIpc) is 2.59. The molecule has 6 heteroatoms. The van der Waals surface area contributed by atoms with E-state index in [4.69, 9.17) is 16.3 Å². The Morgan fingerprint density at radius 1 is 1.00 bits per heavy atom. The Kier molecular flexibility index (Phi) is 4.86. The molecule has 0 fully saturated rings. The highest BCUT2D eigenvalue weighted by molar-refractivity contribution is 6.30. The second kappa shape index (κ2) is 7.07. The first-order chi connectivity index (χ1) is 12.0. The van der Waals surface area contributed by atoms with E-state index in [0.29, 0.717) is 16.7 Å². The lowest BCUT2D eigenvalue weighted by molar-refractivity contribution is 0.386. The highest BCUT2D eigenvalue weighted by atomic mass is 35.5. The molecule has 0 atom stereocenters. The molecule has 128 valence electrons. The van der Waals surface area contributed by atoms with Gasteiger partial charge in [0.1, 0.15) is 5.82 Å². The lowest BCUT2D eigenvalue weighted by atomic mass is 10.1. The fourth-order valence-electron chi connectivity index (χ4n) is 2.51. The van der Waals surface area contributed by atoms with Gasteiger partial charge in [0.2, 0.25) is 0 Å². The van der Waals surface area contributed by atoms with Crippen molar-refractivity contribution < 1.29 is 13.5 Å². The maximum absolute atomic E-state index is 14.0. The molecule has 0 spiro atoms. The van der Waals surface area contributed by atoms with E-state index in [9.17, 15) is 13.6 Å². The number of halogens is 3. The van der Waals surface area contributed by atoms with E-state index >= 15 is 0 Å². The number of hydrogen-bond donors (Lipinski definition) is 0. The van der Waals surface area contributed by atoms with E-state index < -0.39 is 11.6 Å². The summed E-state index contributed by atoms with van der Waals surface area (Å²) in [5.74, 6) is -0.845. The minimum absolute atomic E-state index is 0.0499. The Morgan fingerprint density at radius 2 is 1.76 bits per heavy atom. The molecule has 3 nitrogen and oxygen atoms in total. The van der Waals surface area contributed by atoms with Crippen molar-refractivity contribution in [1.82, 2.24) is 4.57 Å². The molecule has 3 rings (SSSR count). The van der Waals surface area contributed by atoms with Crippen molar-refractivity contribution in [3.63, 3.8) is 0 Å². The Morgan fingerprint density at radius 3 is 2.44 bits per heavy atom. The number of methoxy groups -OCH3 is 1. The summed E-state index contributed by atoms with van der Waals surface area (Å²) in [5.41, 5.74) is 1.27.